The van der Waals surface area contributed by atoms with Crippen LogP contribution in [0.2, 0.25) is 0 Å². The number of nitrogens with zero attached hydrogens (tertiary/aromatic N) is 2. The molecule has 28 heavy (non-hydrogen) atoms. The fraction of sp³-hybridized carbons (Fsp3) is 0.200. The number of nitrogens with one attached hydrogen (secondary N) is 1. The van der Waals surface area contributed by atoms with Gasteiger partial charge in [-0.2, -0.15) is 0 Å². The van der Waals surface area contributed by atoms with Crippen molar-refractivity contribution >= 4 is 15.8 Å². The SMILES string of the molecule is Cc1cc(CNS(=O)(=O)Cc2cccnc2)n(C)c1C(=O)c1ccc(F)cc1. The number of aromatic nitrogens is 2. The quantitative estimate of drug-likeness (QED) is 0.617. The second-order valence-electron chi connectivity index (χ2n) is 6.50. The number of rotatable bonds is 7. The van der Waals surface area contributed by atoms with Crippen molar-refractivity contribution in [2.24, 2.45) is 7.05 Å². The van der Waals surface area contributed by atoms with Crippen LogP contribution in [0, 0.1) is 12.7 Å². The first-order valence-electron chi connectivity index (χ1n) is 8.58. The Morgan fingerprint density at radius 3 is 2.57 bits per heavy atom. The molecule has 0 aliphatic carbocycles. The number of benzene rings is 1. The van der Waals surface area contributed by atoms with Gasteiger partial charge in [0.05, 0.1) is 18.0 Å². The molecule has 6 nitrogen and oxygen atoms in total. The minimum Gasteiger partial charge on any atom is -0.343 e. The van der Waals surface area contributed by atoms with Crippen LogP contribution >= 0.6 is 0 Å². The lowest BCUT2D eigenvalue weighted by Crippen LogP contribution is -2.26. The molecule has 0 aliphatic heterocycles. The average molecular weight is 401 g/mol. The summed E-state index contributed by atoms with van der Waals surface area (Å²) >= 11 is 0. The number of ketones is 1. The van der Waals surface area contributed by atoms with E-state index in [2.05, 4.69) is 9.71 Å². The Labute approximate surface area is 163 Å². The number of pyridine rings is 1. The summed E-state index contributed by atoms with van der Waals surface area (Å²) in [6.07, 6.45) is 3.08. The molecule has 0 unspecified atom stereocenters. The van der Waals surface area contributed by atoms with E-state index in [9.17, 15) is 17.6 Å². The molecule has 0 radical (unpaired) electrons. The fourth-order valence-corrected chi connectivity index (χ4v) is 4.08. The van der Waals surface area contributed by atoms with E-state index in [1.165, 1.54) is 30.5 Å². The summed E-state index contributed by atoms with van der Waals surface area (Å²) in [5, 5.41) is 0. The maximum atomic E-state index is 13.1. The molecule has 0 bridgehead atoms. The number of halogens is 1. The van der Waals surface area contributed by atoms with Crippen LogP contribution < -0.4 is 4.72 Å². The van der Waals surface area contributed by atoms with Gasteiger partial charge < -0.3 is 4.57 Å². The zero-order valence-electron chi connectivity index (χ0n) is 15.5. The van der Waals surface area contributed by atoms with Crippen LogP contribution in [0.4, 0.5) is 4.39 Å². The van der Waals surface area contributed by atoms with Crippen molar-refractivity contribution < 1.29 is 17.6 Å². The summed E-state index contributed by atoms with van der Waals surface area (Å²) in [6.45, 7) is 1.83. The summed E-state index contributed by atoms with van der Waals surface area (Å²) in [5.74, 6) is -0.834. The lowest BCUT2D eigenvalue weighted by atomic mass is 10.1. The Morgan fingerprint density at radius 2 is 1.93 bits per heavy atom. The molecular weight excluding hydrogens is 381 g/mol. The van der Waals surface area contributed by atoms with Crippen LogP contribution in [0.25, 0.3) is 0 Å². The molecule has 0 atom stereocenters. The largest absolute Gasteiger partial charge is 0.343 e. The van der Waals surface area contributed by atoms with E-state index >= 15 is 0 Å². The van der Waals surface area contributed by atoms with Crippen molar-refractivity contribution in [1.82, 2.24) is 14.3 Å². The number of sulfonamides is 1. The van der Waals surface area contributed by atoms with Crippen molar-refractivity contribution in [3.63, 3.8) is 0 Å². The lowest BCUT2D eigenvalue weighted by Gasteiger charge is -2.10. The predicted octanol–water partition coefficient (Wildman–Crippen LogP) is 2.72. The van der Waals surface area contributed by atoms with Crippen molar-refractivity contribution in [2.45, 2.75) is 19.2 Å². The van der Waals surface area contributed by atoms with Crippen LogP contribution in [-0.4, -0.2) is 23.8 Å². The van der Waals surface area contributed by atoms with Crippen molar-refractivity contribution in [3.05, 3.63) is 88.8 Å². The first kappa shape index (κ1) is 19.9. The second kappa shape index (κ2) is 8.04. The summed E-state index contributed by atoms with van der Waals surface area (Å²) in [5.41, 5.74) is 2.77. The topological polar surface area (TPSA) is 81.1 Å². The molecule has 0 amide bonds. The van der Waals surface area contributed by atoms with Crippen LogP contribution in [-0.2, 0) is 29.4 Å². The highest BCUT2D eigenvalue weighted by atomic mass is 32.2. The summed E-state index contributed by atoms with van der Waals surface area (Å²) in [6, 6.07) is 10.5. The van der Waals surface area contributed by atoms with E-state index in [4.69, 9.17) is 0 Å². The van der Waals surface area contributed by atoms with Gasteiger partial charge >= 0.3 is 0 Å². The molecule has 8 heteroatoms. The Bertz CT molecular complexity index is 1090. The molecule has 0 fully saturated rings. The van der Waals surface area contributed by atoms with Gasteiger partial charge in [0, 0.05) is 30.7 Å². The van der Waals surface area contributed by atoms with Gasteiger partial charge in [-0.1, -0.05) is 6.07 Å². The summed E-state index contributed by atoms with van der Waals surface area (Å²) in [7, 11) is -1.86. The molecule has 0 saturated carbocycles. The normalized spacial score (nSPS) is 11.5. The maximum Gasteiger partial charge on any atom is 0.216 e. The van der Waals surface area contributed by atoms with Crippen LogP contribution in [0.3, 0.4) is 0 Å². The molecular formula is C20H20FN3O3S. The fourth-order valence-electron chi connectivity index (χ4n) is 3.00. The third-order valence-corrected chi connectivity index (χ3v) is 5.69. The van der Waals surface area contributed by atoms with Gasteiger partial charge in [-0.3, -0.25) is 9.78 Å². The first-order chi connectivity index (χ1) is 13.3. The molecule has 0 saturated heterocycles. The molecule has 1 aromatic carbocycles. The molecule has 3 aromatic rings. The van der Waals surface area contributed by atoms with Crippen molar-refractivity contribution in [3.8, 4) is 0 Å². The van der Waals surface area contributed by atoms with Gasteiger partial charge in [0.2, 0.25) is 15.8 Å². The van der Waals surface area contributed by atoms with Crippen LogP contribution in [0.15, 0.2) is 54.9 Å². The van der Waals surface area contributed by atoms with Crippen LogP contribution in [0.1, 0.15) is 32.9 Å². The molecule has 0 aliphatic rings. The molecule has 1 N–H and O–H groups in total. The monoisotopic (exact) mass is 401 g/mol. The Balaban J connectivity index is 1.76. The second-order valence-corrected chi connectivity index (χ2v) is 8.31. The molecule has 2 aromatic heterocycles. The molecule has 2 heterocycles. The third-order valence-electron chi connectivity index (χ3n) is 4.40. The van der Waals surface area contributed by atoms with Crippen molar-refractivity contribution in [2.75, 3.05) is 0 Å². The molecule has 0 spiro atoms. The standard InChI is InChI=1S/C20H20FN3O3S/c1-14-10-18(12-23-28(26,27)13-15-4-3-9-22-11-15)24(2)19(14)20(25)16-5-7-17(21)8-6-16/h3-11,23H,12-13H2,1-2H3. The molecule has 146 valence electrons. The lowest BCUT2D eigenvalue weighted by molar-refractivity contribution is 0.103. The zero-order chi connectivity index (χ0) is 20.3. The smallest absolute Gasteiger partial charge is 0.216 e. The third kappa shape index (κ3) is 4.52. The average Bonchev–Trinajstić information content (AvgIpc) is 2.94. The van der Waals surface area contributed by atoms with E-state index in [1.54, 1.807) is 42.9 Å². The molecule has 3 rings (SSSR count). The number of carbonyl (C=O) groups is 1. The van der Waals surface area contributed by atoms with Crippen LogP contribution in [0.5, 0.6) is 0 Å². The highest BCUT2D eigenvalue weighted by Crippen LogP contribution is 2.19. The minimum atomic E-state index is -3.56. The Kier molecular flexibility index (Phi) is 5.71. The van der Waals surface area contributed by atoms with Gasteiger partial charge in [0.1, 0.15) is 5.82 Å². The van der Waals surface area contributed by atoms with Gasteiger partial charge in [-0.25, -0.2) is 17.5 Å². The number of hydrogen-bond acceptors (Lipinski definition) is 4. The minimum absolute atomic E-state index is 0.0522. The van der Waals surface area contributed by atoms with E-state index in [0.717, 1.165) is 5.56 Å². The maximum absolute atomic E-state index is 13.1. The highest BCUT2D eigenvalue weighted by molar-refractivity contribution is 7.88. The van der Waals surface area contributed by atoms with Gasteiger partial charge in [-0.05, 0) is 54.4 Å². The Morgan fingerprint density at radius 1 is 1.21 bits per heavy atom. The van der Waals surface area contributed by atoms with E-state index in [0.29, 0.717) is 22.5 Å². The summed E-state index contributed by atoms with van der Waals surface area (Å²) in [4.78, 5) is 16.7. The van der Waals surface area contributed by atoms with Crippen molar-refractivity contribution in [1.29, 1.82) is 0 Å². The van der Waals surface area contributed by atoms with Gasteiger partial charge in [0.25, 0.3) is 0 Å². The first-order valence-corrected chi connectivity index (χ1v) is 10.2. The predicted molar refractivity (Wildman–Crippen MR) is 104 cm³/mol. The van der Waals surface area contributed by atoms with E-state index in [1.807, 2.05) is 0 Å². The Hall–Kier alpha value is -2.84. The van der Waals surface area contributed by atoms with E-state index in [-0.39, 0.29) is 18.1 Å². The number of hydrogen-bond donors (Lipinski definition) is 1. The van der Waals surface area contributed by atoms with Gasteiger partial charge in [-0.15, -0.1) is 0 Å². The van der Waals surface area contributed by atoms with E-state index < -0.39 is 15.8 Å². The summed E-state index contributed by atoms with van der Waals surface area (Å²) < 4.78 is 41.9. The highest BCUT2D eigenvalue weighted by Gasteiger charge is 2.20. The zero-order valence-corrected chi connectivity index (χ0v) is 16.3. The van der Waals surface area contributed by atoms with Gasteiger partial charge in [0.15, 0.2) is 0 Å². The number of carbonyl (C=O) groups excluding carboxylic acids is 1. The number of aryl methyl sites for hydroxylation is 1.